The highest BCUT2D eigenvalue weighted by Gasteiger charge is 2.60. The zero-order valence-corrected chi connectivity index (χ0v) is 18.8. The SMILES string of the molecule is CC.Cc1cccc(NC(=O)c2cc(Cl)c([C@@H]3CS(=O)(=O)C4(CC4)C(N)=N3)s2)n1. The van der Waals surface area contributed by atoms with Gasteiger partial charge in [-0.2, -0.15) is 0 Å². The van der Waals surface area contributed by atoms with Gasteiger partial charge in [-0.15, -0.1) is 11.3 Å². The molecule has 1 spiro atoms. The highest BCUT2D eigenvalue weighted by molar-refractivity contribution is 7.94. The molecule has 1 atom stereocenters. The van der Waals surface area contributed by atoms with Crippen molar-refractivity contribution in [2.45, 2.75) is 44.4 Å². The predicted octanol–water partition coefficient (Wildman–Crippen LogP) is 3.74. The molecule has 2 aromatic rings. The Kier molecular flexibility index (Phi) is 6.03. The minimum Gasteiger partial charge on any atom is -0.386 e. The average Bonchev–Trinajstić information content (AvgIpc) is 3.39. The maximum atomic E-state index is 12.6. The van der Waals surface area contributed by atoms with Crippen LogP contribution in [0.1, 0.15) is 53.0 Å². The van der Waals surface area contributed by atoms with Gasteiger partial charge < -0.3 is 11.1 Å². The summed E-state index contributed by atoms with van der Waals surface area (Å²) in [6.07, 6.45) is 1.04. The number of amides is 1. The van der Waals surface area contributed by atoms with Gasteiger partial charge in [-0.3, -0.25) is 9.79 Å². The Balaban J connectivity index is 0.00000117. The molecule has 1 fully saturated rings. The van der Waals surface area contributed by atoms with Gasteiger partial charge in [0, 0.05) is 10.6 Å². The number of sulfone groups is 1. The van der Waals surface area contributed by atoms with Crippen molar-refractivity contribution < 1.29 is 13.2 Å². The van der Waals surface area contributed by atoms with Crippen LogP contribution in [-0.4, -0.2) is 35.6 Å². The van der Waals surface area contributed by atoms with Gasteiger partial charge >= 0.3 is 0 Å². The highest BCUT2D eigenvalue weighted by Crippen LogP contribution is 2.49. The maximum Gasteiger partial charge on any atom is 0.266 e. The molecule has 1 aliphatic carbocycles. The van der Waals surface area contributed by atoms with Crippen LogP contribution in [0, 0.1) is 6.92 Å². The van der Waals surface area contributed by atoms with Crippen LogP contribution >= 0.6 is 22.9 Å². The lowest BCUT2D eigenvalue weighted by atomic mass is 10.2. The molecule has 1 aliphatic heterocycles. The van der Waals surface area contributed by atoms with Gasteiger partial charge in [-0.25, -0.2) is 13.4 Å². The molecule has 10 heteroatoms. The van der Waals surface area contributed by atoms with Crippen LogP contribution in [0.5, 0.6) is 0 Å². The average molecular weight is 455 g/mol. The van der Waals surface area contributed by atoms with Crippen molar-refractivity contribution in [3.63, 3.8) is 0 Å². The molecule has 1 amide bonds. The van der Waals surface area contributed by atoms with Gasteiger partial charge in [-0.1, -0.05) is 31.5 Å². The van der Waals surface area contributed by atoms with Crippen molar-refractivity contribution in [1.82, 2.24) is 4.98 Å². The van der Waals surface area contributed by atoms with E-state index in [0.717, 1.165) is 17.0 Å². The summed E-state index contributed by atoms with van der Waals surface area (Å²) in [5.74, 6) is 0.0806. The van der Waals surface area contributed by atoms with Gasteiger partial charge in [0.05, 0.1) is 15.7 Å². The number of rotatable bonds is 3. The van der Waals surface area contributed by atoms with Crippen LogP contribution in [0.3, 0.4) is 0 Å². The molecular weight excluding hydrogens is 432 g/mol. The summed E-state index contributed by atoms with van der Waals surface area (Å²) in [5.41, 5.74) is 6.74. The zero-order valence-electron chi connectivity index (χ0n) is 16.4. The number of hydrogen-bond acceptors (Lipinski definition) is 7. The van der Waals surface area contributed by atoms with E-state index in [1.165, 1.54) is 6.07 Å². The van der Waals surface area contributed by atoms with E-state index in [0.29, 0.717) is 33.4 Å². The third-order valence-corrected chi connectivity index (χ3v) is 9.03. The van der Waals surface area contributed by atoms with Crippen molar-refractivity contribution in [2.24, 2.45) is 10.7 Å². The quantitative estimate of drug-likeness (QED) is 0.732. The van der Waals surface area contributed by atoms with Crippen molar-refractivity contribution in [2.75, 3.05) is 11.1 Å². The monoisotopic (exact) mass is 454 g/mol. The van der Waals surface area contributed by atoms with Crippen LogP contribution in [0.4, 0.5) is 5.82 Å². The molecule has 29 heavy (non-hydrogen) atoms. The van der Waals surface area contributed by atoms with Gasteiger partial charge in [0.2, 0.25) is 0 Å². The Labute approximate surface area is 179 Å². The van der Waals surface area contributed by atoms with Crippen LogP contribution in [-0.2, 0) is 9.84 Å². The molecule has 3 N–H and O–H groups in total. The molecule has 7 nitrogen and oxygen atoms in total. The predicted molar refractivity (Wildman–Crippen MR) is 118 cm³/mol. The lowest BCUT2D eigenvalue weighted by Crippen LogP contribution is -2.44. The van der Waals surface area contributed by atoms with Gasteiger partial charge in [0.1, 0.15) is 22.4 Å². The second kappa shape index (κ2) is 8.04. The van der Waals surface area contributed by atoms with Crippen molar-refractivity contribution in [3.05, 3.63) is 44.7 Å². The smallest absolute Gasteiger partial charge is 0.266 e. The van der Waals surface area contributed by atoms with Gasteiger partial charge in [0.15, 0.2) is 9.84 Å². The van der Waals surface area contributed by atoms with E-state index in [1.807, 2.05) is 26.8 Å². The fourth-order valence-corrected chi connectivity index (χ4v) is 6.76. The number of nitrogens with two attached hydrogens (primary N) is 1. The number of carbonyl (C=O) groups is 1. The molecule has 0 saturated heterocycles. The number of aromatic nitrogens is 1. The molecule has 0 radical (unpaired) electrons. The van der Waals surface area contributed by atoms with Crippen LogP contribution < -0.4 is 11.1 Å². The Bertz CT molecular complexity index is 1070. The summed E-state index contributed by atoms with van der Waals surface area (Å²) in [6.45, 7) is 5.83. The van der Waals surface area contributed by atoms with E-state index in [-0.39, 0.29) is 17.5 Å². The van der Waals surface area contributed by atoms with Crippen LogP contribution in [0.2, 0.25) is 5.02 Å². The lowest BCUT2D eigenvalue weighted by Gasteiger charge is -2.25. The second-order valence-corrected chi connectivity index (χ2v) is 10.6. The van der Waals surface area contributed by atoms with Crippen LogP contribution in [0.25, 0.3) is 0 Å². The van der Waals surface area contributed by atoms with Gasteiger partial charge in [-0.05, 0) is 38.0 Å². The number of amidine groups is 1. The fourth-order valence-electron chi connectivity index (χ4n) is 3.18. The molecular formula is C19H23ClN4O3S2. The first-order valence-corrected chi connectivity index (χ1v) is 12.2. The van der Waals surface area contributed by atoms with E-state index in [9.17, 15) is 13.2 Å². The van der Waals surface area contributed by atoms with Crippen LogP contribution in [0.15, 0.2) is 29.3 Å². The first kappa shape index (κ1) is 21.7. The number of halogens is 1. The van der Waals surface area contributed by atoms with Gasteiger partial charge in [0.25, 0.3) is 5.91 Å². The number of thiophene rings is 1. The molecule has 156 valence electrons. The molecule has 0 bridgehead atoms. The number of pyridine rings is 1. The first-order valence-electron chi connectivity index (χ1n) is 9.32. The molecule has 0 aromatic carbocycles. The first-order chi connectivity index (χ1) is 13.7. The minimum absolute atomic E-state index is 0.144. The lowest BCUT2D eigenvalue weighted by molar-refractivity contribution is 0.103. The topological polar surface area (TPSA) is 115 Å². The van der Waals surface area contributed by atoms with E-state index >= 15 is 0 Å². The van der Waals surface area contributed by atoms with Crippen molar-refractivity contribution >= 4 is 50.3 Å². The third kappa shape index (κ3) is 4.04. The third-order valence-electron chi connectivity index (χ3n) is 4.81. The van der Waals surface area contributed by atoms with E-state index in [4.69, 9.17) is 17.3 Å². The highest BCUT2D eigenvalue weighted by atomic mass is 35.5. The number of carbonyl (C=O) groups excluding carboxylic acids is 1. The Morgan fingerprint density at radius 1 is 1.34 bits per heavy atom. The second-order valence-electron chi connectivity index (χ2n) is 6.75. The normalized spacial score (nSPS) is 21.0. The number of nitrogens with one attached hydrogen (secondary N) is 1. The number of anilines is 1. The van der Waals surface area contributed by atoms with Crippen molar-refractivity contribution in [3.8, 4) is 0 Å². The number of nitrogens with zero attached hydrogens (tertiary/aromatic N) is 2. The zero-order chi connectivity index (χ0) is 21.4. The minimum atomic E-state index is -3.40. The summed E-state index contributed by atoms with van der Waals surface area (Å²) in [4.78, 5) is 22.0. The molecule has 0 unspecified atom stereocenters. The Hall–Kier alpha value is -1.97. The Morgan fingerprint density at radius 2 is 2.03 bits per heavy atom. The van der Waals surface area contributed by atoms with E-state index in [2.05, 4.69) is 15.3 Å². The van der Waals surface area contributed by atoms with E-state index < -0.39 is 20.6 Å². The standard InChI is InChI=1S/C17H17ClN4O3S2.C2H6/c1-9-3-2-4-13(20-9)22-15(23)12-7-10(18)14(26-12)11-8-27(24,25)17(5-6-17)16(19)21-11;1-2/h2-4,7,11H,5-6,8H2,1H3,(H2,19,21)(H,20,22,23);1-2H3/t11-;/m0./s1. The number of hydrogen-bond donors (Lipinski definition) is 2. The van der Waals surface area contributed by atoms with E-state index in [1.54, 1.807) is 12.1 Å². The largest absolute Gasteiger partial charge is 0.386 e. The summed E-state index contributed by atoms with van der Waals surface area (Å²) in [5, 5.41) is 3.02. The number of aliphatic imine (C=N–C) groups is 1. The molecule has 2 aliphatic rings. The summed E-state index contributed by atoms with van der Waals surface area (Å²) < 4.78 is 24.2. The fraction of sp³-hybridized carbons (Fsp3) is 0.421. The molecule has 2 aromatic heterocycles. The summed E-state index contributed by atoms with van der Waals surface area (Å²) in [6, 6.07) is 6.15. The molecule has 4 rings (SSSR count). The Morgan fingerprint density at radius 3 is 2.62 bits per heavy atom. The molecule has 3 heterocycles. The maximum absolute atomic E-state index is 12.6. The molecule has 1 saturated carbocycles. The summed E-state index contributed by atoms with van der Waals surface area (Å²) in [7, 11) is -3.40. The summed E-state index contributed by atoms with van der Waals surface area (Å²) >= 11 is 7.41. The number of aryl methyl sites for hydroxylation is 1. The van der Waals surface area contributed by atoms with Crippen molar-refractivity contribution in [1.29, 1.82) is 0 Å².